The van der Waals surface area contributed by atoms with Gasteiger partial charge in [-0.05, 0) is 48.2 Å². The van der Waals surface area contributed by atoms with E-state index in [0.717, 1.165) is 24.4 Å². The van der Waals surface area contributed by atoms with E-state index < -0.39 is 0 Å². The number of ether oxygens (including phenoxy) is 1. The Hall–Kier alpha value is -2.44. The Bertz CT molecular complexity index is 873. The van der Waals surface area contributed by atoms with E-state index in [2.05, 4.69) is 17.1 Å². The first-order valence-corrected chi connectivity index (χ1v) is 10.2. The number of halogens is 1. The summed E-state index contributed by atoms with van der Waals surface area (Å²) in [5.74, 6) is 2.41. The summed E-state index contributed by atoms with van der Waals surface area (Å²) in [5, 5.41) is 2.94. The van der Waals surface area contributed by atoms with E-state index in [4.69, 9.17) is 9.15 Å². The van der Waals surface area contributed by atoms with Gasteiger partial charge in [-0.15, -0.1) is 0 Å². The Kier molecular flexibility index (Phi) is 6.11. The second kappa shape index (κ2) is 8.93. The Morgan fingerprint density at radius 1 is 1.31 bits per heavy atom. The average molecular weight is 398 g/mol. The molecule has 1 aliphatic carbocycles. The molecule has 1 aromatic heterocycles. The molecule has 5 nitrogen and oxygen atoms in total. The van der Waals surface area contributed by atoms with Crippen LogP contribution in [0.4, 0.5) is 4.39 Å². The molecule has 1 aromatic carbocycles. The fourth-order valence-electron chi connectivity index (χ4n) is 3.85. The van der Waals surface area contributed by atoms with Crippen LogP contribution in [0, 0.1) is 11.7 Å². The number of benzene rings is 1. The molecular weight excluding hydrogens is 371 g/mol. The van der Waals surface area contributed by atoms with Crippen LogP contribution in [0.5, 0.6) is 0 Å². The molecule has 0 spiro atoms. The van der Waals surface area contributed by atoms with Crippen LogP contribution in [-0.4, -0.2) is 43.7 Å². The predicted octanol–water partition coefficient (Wildman–Crippen LogP) is 3.75. The van der Waals surface area contributed by atoms with Crippen molar-refractivity contribution >= 4 is 12.0 Å². The second-order valence-electron chi connectivity index (χ2n) is 7.86. The van der Waals surface area contributed by atoms with Crippen LogP contribution in [0.1, 0.15) is 42.4 Å². The van der Waals surface area contributed by atoms with Crippen LogP contribution < -0.4 is 5.32 Å². The molecule has 0 bridgehead atoms. The molecule has 3 unspecified atom stereocenters. The van der Waals surface area contributed by atoms with Gasteiger partial charge in [0.05, 0.1) is 19.3 Å². The van der Waals surface area contributed by atoms with Crippen LogP contribution in [0.15, 0.2) is 46.9 Å². The van der Waals surface area contributed by atoms with Gasteiger partial charge in [-0.1, -0.05) is 19.1 Å². The molecule has 2 heterocycles. The Morgan fingerprint density at radius 3 is 2.83 bits per heavy atom. The summed E-state index contributed by atoms with van der Waals surface area (Å²) in [4.78, 5) is 14.6. The maximum Gasteiger partial charge on any atom is 0.244 e. The number of nitrogens with zero attached hydrogens (tertiary/aromatic N) is 1. The van der Waals surface area contributed by atoms with E-state index in [1.54, 1.807) is 12.1 Å². The fourth-order valence-corrected chi connectivity index (χ4v) is 3.85. The standard InChI is InChI=1S/C23H27FN2O3/c1-16-13-20(16)22-7-5-19(29-22)6-8-23(27)25-15-21(26-9-11-28-12-10-26)17-3-2-4-18(24)14-17/h2-8,14,16,20-21H,9-13,15H2,1H3,(H,25,27)/b8-6+. The number of hydrogen-bond acceptors (Lipinski definition) is 4. The maximum absolute atomic E-state index is 13.7. The minimum Gasteiger partial charge on any atom is -0.461 e. The second-order valence-corrected chi connectivity index (χ2v) is 7.86. The highest BCUT2D eigenvalue weighted by atomic mass is 19.1. The molecule has 6 heteroatoms. The highest BCUT2D eigenvalue weighted by Crippen LogP contribution is 2.47. The summed E-state index contributed by atoms with van der Waals surface area (Å²) in [6.07, 6.45) is 4.35. The van der Waals surface area contributed by atoms with Crippen molar-refractivity contribution in [1.82, 2.24) is 10.2 Å². The fraction of sp³-hybridized carbons (Fsp3) is 0.435. The number of rotatable bonds is 7. The molecule has 2 aromatic rings. The van der Waals surface area contributed by atoms with Gasteiger partial charge < -0.3 is 14.5 Å². The maximum atomic E-state index is 13.7. The van der Waals surface area contributed by atoms with Gasteiger partial charge in [0.1, 0.15) is 17.3 Å². The number of amides is 1. The van der Waals surface area contributed by atoms with Gasteiger partial charge in [-0.2, -0.15) is 0 Å². The molecule has 3 atom stereocenters. The van der Waals surface area contributed by atoms with Crippen molar-refractivity contribution in [2.24, 2.45) is 5.92 Å². The van der Waals surface area contributed by atoms with Crippen molar-refractivity contribution in [3.05, 3.63) is 65.4 Å². The zero-order valence-electron chi connectivity index (χ0n) is 16.6. The van der Waals surface area contributed by atoms with Gasteiger partial charge in [0.25, 0.3) is 0 Å². The molecular formula is C23H27FN2O3. The molecule has 1 saturated heterocycles. The Morgan fingerprint density at radius 2 is 2.10 bits per heavy atom. The molecule has 1 N–H and O–H groups in total. The molecule has 29 heavy (non-hydrogen) atoms. The Balaban J connectivity index is 1.37. The predicted molar refractivity (Wildman–Crippen MR) is 109 cm³/mol. The molecule has 1 amide bonds. The van der Waals surface area contributed by atoms with Crippen molar-refractivity contribution < 1.29 is 18.3 Å². The first-order valence-electron chi connectivity index (χ1n) is 10.2. The van der Waals surface area contributed by atoms with Crippen LogP contribution >= 0.6 is 0 Å². The monoisotopic (exact) mass is 398 g/mol. The van der Waals surface area contributed by atoms with E-state index >= 15 is 0 Å². The van der Waals surface area contributed by atoms with Gasteiger partial charge in [0.15, 0.2) is 0 Å². The molecule has 2 aliphatic rings. The summed E-state index contributed by atoms with van der Waals surface area (Å²) >= 11 is 0. The average Bonchev–Trinajstić information content (AvgIpc) is 3.27. The molecule has 2 fully saturated rings. The topological polar surface area (TPSA) is 54.7 Å². The lowest BCUT2D eigenvalue weighted by atomic mass is 10.0. The molecule has 4 rings (SSSR count). The van der Waals surface area contributed by atoms with Gasteiger partial charge in [0.2, 0.25) is 5.91 Å². The largest absolute Gasteiger partial charge is 0.461 e. The van der Waals surface area contributed by atoms with Crippen LogP contribution in [-0.2, 0) is 9.53 Å². The highest BCUT2D eigenvalue weighted by Gasteiger charge is 2.36. The number of hydrogen-bond donors (Lipinski definition) is 1. The highest BCUT2D eigenvalue weighted by molar-refractivity contribution is 5.91. The van der Waals surface area contributed by atoms with Crippen LogP contribution in [0.25, 0.3) is 6.08 Å². The third-order valence-corrected chi connectivity index (χ3v) is 5.71. The molecule has 0 radical (unpaired) electrons. The van der Waals surface area contributed by atoms with Gasteiger partial charge in [0, 0.05) is 31.6 Å². The quantitative estimate of drug-likeness (QED) is 0.722. The lowest BCUT2D eigenvalue weighted by Gasteiger charge is -2.34. The number of carbonyl (C=O) groups is 1. The zero-order chi connectivity index (χ0) is 20.2. The van der Waals surface area contributed by atoms with E-state index in [1.807, 2.05) is 18.2 Å². The van der Waals surface area contributed by atoms with Crippen molar-refractivity contribution in [2.75, 3.05) is 32.8 Å². The molecule has 1 aliphatic heterocycles. The van der Waals surface area contributed by atoms with E-state index in [9.17, 15) is 9.18 Å². The SMILES string of the molecule is CC1CC1c1ccc(/C=C/C(=O)NCC(c2cccc(F)c2)N2CCOCC2)o1. The molecule has 154 valence electrons. The van der Waals surface area contributed by atoms with Crippen molar-refractivity contribution in [3.63, 3.8) is 0 Å². The summed E-state index contributed by atoms with van der Waals surface area (Å²) in [5.41, 5.74) is 0.852. The van der Waals surface area contributed by atoms with Crippen molar-refractivity contribution in [3.8, 4) is 0 Å². The summed E-state index contributed by atoms with van der Waals surface area (Å²) < 4.78 is 25.0. The van der Waals surface area contributed by atoms with E-state index in [0.29, 0.717) is 37.4 Å². The molecule has 1 saturated carbocycles. The number of nitrogens with one attached hydrogen (secondary N) is 1. The number of morpholine rings is 1. The lowest BCUT2D eigenvalue weighted by molar-refractivity contribution is -0.116. The smallest absolute Gasteiger partial charge is 0.244 e. The minimum absolute atomic E-state index is 0.0986. The number of carbonyl (C=O) groups excluding carboxylic acids is 1. The third-order valence-electron chi connectivity index (χ3n) is 5.71. The summed E-state index contributed by atoms with van der Waals surface area (Å²) in [6.45, 7) is 5.39. The lowest BCUT2D eigenvalue weighted by Crippen LogP contribution is -2.43. The van der Waals surface area contributed by atoms with E-state index in [1.165, 1.54) is 24.6 Å². The van der Waals surface area contributed by atoms with Crippen molar-refractivity contribution in [2.45, 2.75) is 25.3 Å². The summed E-state index contributed by atoms with van der Waals surface area (Å²) in [7, 11) is 0. The van der Waals surface area contributed by atoms with Crippen LogP contribution in [0.2, 0.25) is 0 Å². The van der Waals surface area contributed by atoms with Gasteiger partial charge >= 0.3 is 0 Å². The van der Waals surface area contributed by atoms with Gasteiger partial charge in [-0.25, -0.2) is 4.39 Å². The summed E-state index contributed by atoms with van der Waals surface area (Å²) in [6, 6.07) is 10.4. The first kappa shape index (κ1) is 19.9. The van der Waals surface area contributed by atoms with E-state index in [-0.39, 0.29) is 17.8 Å². The van der Waals surface area contributed by atoms with Crippen molar-refractivity contribution in [1.29, 1.82) is 0 Å². The third kappa shape index (κ3) is 5.14. The normalized spacial score (nSPS) is 23.2. The van der Waals surface area contributed by atoms with Crippen LogP contribution in [0.3, 0.4) is 0 Å². The zero-order valence-corrected chi connectivity index (χ0v) is 16.6. The van der Waals surface area contributed by atoms with Gasteiger partial charge in [-0.3, -0.25) is 9.69 Å². The minimum atomic E-state index is -0.273. The first-order chi connectivity index (χ1) is 14.1. The number of furan rings is 1. The Labute approximate surface area is 170 Å².